The van der Waals surface area contributed by atoms with E-state index in [9.17, 15) is 4.79 Å². The summed E-state index contributed by atoms with van der Waals surface area (Å²) in [6, 6.07) is 14.7. The van der Waals surface area contributed by atoms with E-state index in [2.05, 4.69) is 5.32 Å². The number of nitrogens with zero attached hydrogens (tertiary/aromatic N) is 4. The van der Waals surface area contributed by atoms with E-state index in [0.29, 0.717) is 41.1 Å². The SMILES string of the molecule is CN(C)c1nc(-c2ccccc2)nc2c1CN(C(=O)Nc1ccc(Cl)cc1Cl)CC2. The van der Waals surface area contributed by atoms with Gasteiger partial charge in [0.1, 0.15) is 5.82 Å². The number of anilines is 2. The Kier molecular flexibility index (Phi) is 5.79. The van der Waals surface area contributed by atoms with Gasteiger partial charge >= 0.3 is 6.03 Å². The molecule has 2 amide bonds. The number of carbonyl (C=O) groups excluding carboxylic acids is 1. The highest BCUT2D eigenvalue weighted by atomic mass is 35.5. The Hall–Kier alpha value is -2.83. The molecule has 0 saturated carbocycles. The van der Waals surface area contributed by atoms with Crippen LogP contribution in [0, 0.1) is 0 Å². The van der Waals surface area contributed by atoms with Crippen LogP contribution in [0.3, 0.4) is 0 Å². The third-order valence-corrected chi connectivity index (χ3v) is 5.50. The minimum Gasteiger partial charge on any atom is -0.362 e. The second-order valence-electron chi connectivity index (χ2n) is 7.28. The van der Waals surface area contributed by atoms with Crippen LogP contribution >= 0.6 is 23.2 Å². The van der Waals surface area contributed by atoms with Crippen molar-refractivity contribution >= 4 is 40.7 Å². The van der Waals surface area contributed by atoms with Crippen molar-refractivity contribution in [2.75, 3.05) is 30.9 Å². The number of fused-ring (bicyclic) bond motifs is 1. The fourth-order valence-corrected chi connectivity index (χ4v) is 3.90. The van der Waals surface area contributed by atoms with E-state index < -0.39 is 0 Å². The van der Waals surface area contributed by atoms with Gasteiger partial charge < -0.3 is 15.1 Å². The zero-order valence-corrected chi connectivity index (χ0v) is 18.2. The third-order valence-electron chi connectivity index (χ3n) is 4.95. The zero-order chi connectivity index (χ0) is 21.3. The van der Waals surface area contributed by atoms with Crippen molar-refractivity contribution < 1.29 is 4.79 Å². The Labute approximate surface area is 185 Å². The Balaban J connectivity index is 1.60. The van der Waals surface area contributed by atoms with Gasteiger partial charge in [0.25, 0.3) is 0 Å². The second-order valence-corrected chi connectivity index (χ2v) is 8.13. The predicted octanol–water partition coefficient (Wildman–Crippen LogP) is 5.11. The van der Waals surface area contributed by atoms with Crippen LogP contribution in [0.25, 0.3) is 11.4 Å². The van der Waals surface area contributed by atoms with Crippen molar-refractivity contribution in [2.45, 2.75) is 13.0 Å². The molecule has 0 saturated heterocycles. The molecule has 2 aromatic carbocycles. The molecular weight excluding hydrogens is 421 g/mol. The number of carbonyl (C=O) groups is 1. The molecule has 30 heavy (non-hydrogen) atoms. The average molecular weight is 442 g/mol. The highest BCUT2D eigenvalue weighted by Crippen LogP contribution is 2.30. The van der Waals surface area contributed by atoms with Gasteiger partial charge in [-0.15, -0.1) is 0 Å². The van der Waals surface area contributed by atoms with Gasteiger partial charge in [-0.25, -0.2) is 14.8 Å². The molecule has 1 aromatic heterocycles. The van der Waals surface area contributed by atoms with Crippen molar-refractivity contribution in [3.05, 3.63) is 69.8 Å². The lowest BCUT2D eigenvalue weighted by Crippen LogP contribution is -2.40. The van der Waals surface area contributed by atoms with Crippen molar-refractivity contribution in [2.24, 2.45) is 0 Å². The van der Waals surface area contributed by atoms with Gasteiger partial charge in [-0.2, -0.15) is 0 Å². The topological polar surface area (TPSA) is 61.4 Å². The summed E-state index contributed by atoms with van der Waals surface area (Å²) in [6.45, 7) is 0.983. The summed E-state index contributed by atoms with van der Waals surface area (Å²) in [5, 5.41) is 3.79. The molecule has 0 bridgehead atoms. The fourth-order valence-electron chi connectivity index (χ4n) is 3.44. The van der Waals surface area contributed by atoms with Gasteiger partial charge in [0.15, 0.2) is 5.82 Å². The number of aromatic nitrogens is 2. The lowest BCUT2D eigenvalue weighted by Gasteiger charge is -2.31. The maximum atomic E-state index is 12.9. The molecule has 0 spiro atoms. The maximum Gasteiger partial charge on any atom is 0.322 e. The van der Waals surface area contributed by atoms with E-state index in [4.69, 9.17) is 33.2 Å². The quantitative estimate of drug-likeness (QED) is 0.613. The maximum absolute atomic E-state index is 12.9. The van der Waals surface area contributed by atoms with Crippen LogP contribution < -0.4 is 10.2 Å². The normalized spacial score (nSPS) is 13.0. The predicted molar refractivity (Wildman–Crippen MR) is 121 cm³/mol. The van der Waals surface area contributed by atoms with E-state index in [1.807, 2.05) is 49.3 Å². The summed E-state index contributed by atoms with van der Waals surface area (Å²) in [4.78, 5) is 26.1. The number of rotatable bonds is 3. The first-order valence-corrected chi connectivity index (χ1v) is 10.3. The van der Waals surface area contributed by atoms with Gasteiger partial charge in [-0.05, 0) is 18.2 Å². The van der Waals surface area contributed by atoms with E-state index in [0.717, 1.165) is 22.6 Å². The first-order chi connectivity index (χ1) is 14.4. The number of nitrogens with one attached hydrogen (secondary N) is 1. The Morgan fingerprint density at radius 2 is 1.87 bits per heavy atom. The summed E-state index contributed by atoms with van der Waals surface area (Å²) < 4.78 is 0. The van der Waals surface area contributed by atoms with Crippen LogP contribution in [0.2, 0.25) is 10.0 Å². The molecule has 0 radical (unpaired) electrons. The van der Waals surface area contributed by atoms with Crippen LogP contribution in [-0.4, -0.2) is 41.5 Å². The van der Waals surface area contributed by atoms with Gasteiger partial charge in [0.2, 0.25) is 0 Å². The molecule has 154 valence electrons. The summed E-state index contributed by atoms with van der Waals surface area (Å²) in [6.07, 6.45) is 0.653. The summed E-state index contributed by atoms with van der Waals surface area (Å²) in [5.74, 6) is 1.52. The highest BCUT2D eigenvalue weighted by Gasteiger charge is 2.27. The lowest BCUT2D eigenvalue weighted by molar-refractivity contribution is 0.206. The van der Waals surface area contributed by atoms with Gasteiger partial charge in [0.05, 0.1) is 22.9 Å². The number of hydrogen-bond donors (Lipinski definition) is 1. The lowest BCUT2D eigenvalue weighted by atomic mass is 10.1. The van der Waals surface area contributed by atoms with Crippen LogP contribution in [0.5, 0.6) is 0 Å². The van der Waals surface area contributed by atoms with Crippen molar-refractivity contribution in [3.63, 3.8) is 0 Å². The number of benzene rings is 2. The Morgan fingerprint density at radius 1 is 1.10 bits per heavy atom. The molecule has 6 nitrogen and oxygen atoms in total. The molecule has 8 heteroatoms. The van der Waals surface area contributed by atoms with Crippen molar-refractivity contribution in [3.8, 4) is 11.4 Å². The molecular formula is C22H21Cl2N5O. The Morgan fingerprint density at radius 3 is 2.57 bits per heavy atom. The van der Waals surface area contributed by atoms with Gasteiger partial charge in [-0.1, -0.05) is 53.5 Å². The molecule has 4 rings (SSSR count). The number of halogens is 2. The highest BCUT2D eigenvalue weighted by molar-refractivity contribution is 6.36. The van der Waals surface area contributed by atoms with E-state index >= 15 is 0 Å². The molecule has 1 aliphatic heterocycles. The van der Waals surface area contributed by atoms with E-state index in [1.165, 1.54) is 0 Å². The van der Waals surface area contributed by atoms with Crippen molar-refractivity contribution in [1.82, 2.24) is 14.9 Å². The molecule has 1 N–H and O–H groups in total. The summed E-state index contributed by atoms with van der Waals surface area (Å²) in [5.41, 5.74) is 3.44. The molecule has 0 aliphatic carbocycles. The first kappa shape index (κ1) is 20.4. The third kappa shape index (κ3) is 4.20. The van der Waals surface area contributed by atoms with Gasteiger partial charge in [0, 0.05) is 43.2 Å². The molecule has 2 heterocycles. The summed E-state index contributed by atoms with van der Waals surface area (Å²) in [7, 11) is 3.90. The molecule has 3 aromatic rings. The minimum atomic E-state index is -0.221. The van der Waals surface area contributed by atoms with Crippen molar-refractivity contribution in [1.29, 1.82) is 0 Å². The second kappa shape index (κ2) is 8.50. The number of hydrogen-bond acceptors (Lipinski definition) is 4. The fraction of sp³-hybridized carbons (Fsp3) is 0.227. The molecule has 1 aliphatic rings. The van der Waals surface area contributed by atoms with E-state index in [1.54, 1.807) is 23.1 Å². The first-order valence-electron chi connectivity index (χ1n) is 9.56. The zero-order valence-electron chi connectivity index (χ0n) is 16.7. The number of amides is 2. The smallest absolute Gasteiger partial charge is 0.322 e. The van der Waals surface area contributed by atoms with Crippen LogP contribution in [0.4, 0.5) is 16.3 Å². The van der Waals surface area contributed by atoms with Crippen LogP contribution in [0.15, 0.2) is 48.5 Å². The molecule has 0 atom stereocenters. The average Bonchev–Trinajstić information content (AvgIpc) is 2.75. The van der Waals surface area contributed by atoms with Gasteiger partial charge in [-0.3, -0.25) is 0 Å². The Bertz CT molecular complexity index is 1090. The largest absolute Gasteiger partial charge is 0.362 e. The van der Waals surface area contributed by atoms with Crippen LogP contribution in [0.1, 0.15) is 11.3 Å². The summed E-state index contributed by atoms with van der Waals surface area (Å²) >= 11 is 12.1. The van der Waals surface area contributed by atoms with Crippen LogP contribution in [-0.2, 0) is 13.0 Å². The molecule has 0 fully saturated rings. The number of urea groups is 1. The standard InChI is InChI=1S/C22H21Cl2N5O/c1-28(2)21-16-13-29(22(30)26-19-9-8-15(23)12-17(19)24)11-10-18(16)25-20(27-21)14-6-4-3-5-7-14/h3-9,12H,10-11,13H2,1-2H3,(H,26,30). The monoisotopic (exact) mass is 441 g/mol. The molecule has 0 unspecified atom stereocenters. The minimum absolute atomic E-state index is 0.221. The van der Waals surface area contributed by atoms with E-state index in [-0.39, 0.29) is 6.03 Å².